The first-order valence-electron chi connectivity index (χ1n) is 6.19. The Bertz CT molecular complexity index is 574. The Balaban J connectivity index is 2.45. The molecule has 1 aromatic carbocycles. The van der Waals surface area contributed by atoms with Crippen molar-refractivity contribution in [2.24, 2.45) is 0 Å². The predicted octanol–water partition coefficient (Wildman–Crippen LogP) is 3.32. The maximum Gasteiger partial charge on any atom is 0.131 e. The molecule has 0 saturated carbocycles. The number of benzene rings is 1. The molecule has 2 rings (SSSR count). The van der Waals surface area contributed by atoms with Crippen molar-refractivity contribution < 1.29 is 4.79 Å². The van der Waals surface area contributed by atoms with E-state index in [9.17, 15) is 4.79 Å². The molecule has 0 radical (unpaired) electrons. The molecule has 1 heterocycles. The van der Waals surface area contributed by atoms with Crippen molar-refractivity contribution in [2.75, 3.05) is 0 Å². The van der Waals surface area contributed by atoms with Gasteiger partial charge >= 0.3 is 0 Å². The van der Waals surface area contributed by atoms with E-state index in [4.69, 9.17) is 11.6 Å². The summed E-state index contributed by atoms with van der Waals surface area (Å²) in [6.07, 6.45) is 1.51. The van der Waals surface area contributed by atoms with Crippen LogP contribution in [0.4, 0.5) is 0 Å². The van der Waals surface area contributed by atoms with Crippen molar-refractivity contribution in [1.29, 1.82) is 0 Å². The van der Waals surface area contributed by atoms with Gasteiger partial charge in [-0.2, -0.15) is 0 Å². The molecule has 0 spiro atoms. The lowest BCUT2D eigenvalue weighted by Crippen LogP contribution is -2.05. The minimum Gasteiger partial charge on any atom is -0.327 e. The molecule has 0 aliphatic rings. The molecule has 1 aromatic heterocycles. The van der Waals surface area contributed by atoms with Gasteiger partial charge in [0.25, 0.3) is 0 Å². The third-order valence-corrected chi connectivity index (χ3v) is 3.35. The number of ketones is 1. The van der Waals surface area contributed by atoms with Crippen molar-refractivity contribution in [1.82, 2.24) is 9.55 Å². The molecule has 0 aliphatic heterocycles. The van der Waals surface area contributed by atoms with E-state index in [-0.39, 0.29) is 5.78 Å². The van der Waals surface area contributed by atoms with Gasteiger partial charge in [0, 0.05) is 13.0 Å². The number of aromatic nitrogens is 2. The fourth-order valence-electron chi connectivity index (χ4n) is 2.07. The van der Waals surface area contributed by atoms with Crippen molar-refractivity contribution in [3.8, 4) is 0 Å². The van der Waals surface area contributed by atoms with Gasteiger partial charge in [0.05, 0.1) is 16.9 Å². The summed E-state index contributed by atoms with van der Waals surface area (Å²) in [5.74, 6) is 1.39. The molecule has 2 aromatic rings. The number of nitrogens with zero attached hydrogens (tertiary/aromatic N) is 2. The molecule has 0 bridgehead atoms. The van der Waals surface area contributed by atoms with E-state index < -0.39 is 0 Å². The quantitative estimate of drug-likeness (QED) is 0.777. The number of rotatable bonds is 5. The van der Waals surface area contributed by atoms with Gasteiger partial charge in [0.2, 0.25) is 0 Å². The van der Waals surface area contributed by atoms with Gasteiger partial charge in [-0.1, -0.05) is 13.0 Å². The number of hydrogen-bond acceptors (Lipinski definition) is 2. The molecule has 96 valence electrons. The summed E-state index contributed by atoms with van der Waals surface area (Å²) in [6, 6.07) is 6.26. The van der Waals surface area contributed by atoms with Gasteiger partial charge in [0.15, 0.2) is 0 Å². The summed E-state index contributed by atoms with van der Waals surface area (Å²) in [7, 11) is 0. The predicted molar refractivity (Wildman–Crippen MR) is 74.0 cm³/mol. The number of alkyl halides is 1. The number of imidazole rings is 1. The topological polar surface area (TPSA) is 34.9 Å². The lowest BCUT2D eigenvalue weighted by molar-refractivity contribution is -0.117. The van der Waals surface area contributed by atoms with E-state index in [0.29, 0.717) is 18.8 Å². The van der Waals surface area contributed by atoms with Crippen molar-refractivity contribution in [2.45, 2.75) is 39.1 Å². The van der Waals surface area contributed by atoms with Crippen LogP contribution >= 0.6 is 11.6 Å². The summed E-state index contributed by atoms with van der Waals surface area (Å²) in [6.45, 7) is 4.38. The van der Waals surface area contributed by atoms with Gasteiger partial charge in [-0.15, -0.1) is 11.6 Å². The van der Waals surface area contributed by atoms with Gasteiger partial charge < -0.3 is 4.57 Å². The smallest absolute Gasteiger partial charge is 0.131 e. The van der Waals surface area contributed by atoms with Crippen molar-refractivity contribution >= 4 is 28.4 Å². The fraction of sp³-hybridized carbons (Fsp3) is 0.429. The highest BCUT2D eigenvalue weighted by Crippen LogP contribution is 2.20. The number of Topliss-reactive ketones (excluding diaryl/α,β-unsaturated/α-hetero) is 1. The Hall–Kier alpha value is -1.35. The maximum atomic E-state index is 11.1. The van der Waals surface area contributed by atoms with Crippen LogP contribution in [0.15, 0.2) is 18.2 Å². The number of carbonyl (C=O) groups excluding carboxylic acids is 1. The van der Waals surface area contributed by atoms with E-state index >= 15 is 0 Å². The normalized spacial score (nSPS) is 11.1. The average Bonchev–Trinajstić information content (AvgIpc) is 2.72. The van der Waals surface area contributed by atoms with Gasteiger partial charge in [-0.05, 0) is 31.0 Å². The minimum absolute atomic E-state index is 0.183. The zero-order valence-electron chi connectivity index (χ0n) is 10.7. The van der Waals surface area contributed by atoms with Crippen molar-refractivity contribution in [3.05, 3.63) is 29.6 Å². The number of fused-ring (bicyclic) bond motifs is 1. The Morgan fingerprint density at radius 3 is 2.83 bits per heavy atom. The molecule has 0 N–H and O–H groups in total. The lowest BCUT2D eigenvalue weighted by Gasteiger charge is -2.06. The number of aryl methyl sites for hydroxylation is 2. The van der Waals surface area contributed by atoms with Crippen molar-refractivity contribution in [3.63, 3.8) is 0 Å². The molecule has 0 aliphatic carbocycles. The molecule has 0 fully saturated rings. The maximum absolute atomic E-state index is 11.1. The van der Waals surface area contributed by atoms with Crippen LogP contribution in [0, 0.1) is 0 Å². The van der Waals surface area contributed by atoms with E-state index in [0.717, 1.165) is 23.3 Å². The Labute approximate surface area is 112 Å². The molecule has 0 atom stereocenters. The Morgan fingerprint density at radius 1 is 1.44 bits per heavy atom. The average molecular weight is 265 g/mol. The minimum atomic E-state index is 0.183. The van der Waals surface area contributed by atoms with Crippen LogP contribution in [0.3, 0.4) is 0 Å². The molecule has 4 heteroatoms. The second-order valence-corrected chi connectivity index (χ2v) is 4.71. The Kier molecular flexibility index (Phi) is 4.02. The molecule has 3 nitrogen and oxygen atoms in total. The van der Waals surface area contributed by atoms with Crippen LogP contribution in [0.1, 0.15) is 31.7 Å². The summed E-state index contributed by atoms with van der Waals surface area (Å²) >= 11 is 5.92. The highest BCUT2D eigenvalue weighted by molar-refractivity contribution is 6.16. The highest BCUT2D eigenvalue weighted by Gasteiger charge is 2.10. The highest BCUT2D eigenvalue weighted by atomic mass is 35.5. The summed E-state index contributed by atoms with van der Waals surface area (Å²) in [5.41, 5.74) is 3.29. The second kappa shape index (κ2) is 5.53. The summed E-state index contributed by atoms with van der Waals surface area (Å²) in [4.78, 5) is 15.6. The van der Waals surface area contributed by atoms with Crippen LogP contribution in [-0.2, 0) is 23.6 Å². The molecule has 0 saturated heterocycles. The van der Waals surface area contributed by atoms with E-state index in [1.54, 1.807) is 6.92 Å². The van der Waals surface area contributed by atoms with Gasteiger partial charge in [0.1, 0.15) is 11.6 Å². The number of carbonyl (C=O) groups is 1. The lowest BCUT2D eigenvalue weighted by atomic mass is 10.1. The van der Waals surface area contributed by atoms with E-state index in [1.807, 2.05) is 4.57 Å². The van der Waals surface area contributed by atoms with Gasteiger partial charge in [-0.25, -0.2) is 4.98 Å². The Morgan fingerprint density at radius 2 is 2.22 bits per heavy atom. The zero-order chi connectivity index (χ0) is 13.1. The number of hydrogen-bond donors (Lipinski definition) is 0. The summed E-state index contributed by atoms with van der Waals surface area (Å²) in [5, 5.41) is 0. The van der Waals surface area contributed by atoms with Gasteiger partial charge in [-0.3, -0.25) is 4.79 Å². The monoisotopic (exact) mass is 264 g/mol. The zero-order valence-corrected chi connectivity index (χ0v) is 11.5. The first-order chi connectivity index (χ1) is 8.65. The van der Waals surface area contributed by atoms with Crippen LogP contribution in [-0.4, -0.2) is 15.3 Å². The first-order valence-corrected chi connectivity index (χ1v) is 6.72. The van der Waals surface area contributed by atoms with Crippen LogP contribution in [0.5, 0.6) is 0 Å². The summed E-state index contributed by atoms with van der Waals surface area (Å²) < 4.78 is 2.04. The number of halogens is 1. The standard InChI is InChI=1S/C14H17ClN2O/c1-3-11-4-5-13-12(8-11)16-14(9-15)17(13)7-6-10(2)18/h4-5,8H,3,6-7,9H2,1-2H3. The third kappa shape index (κ3) is 2.56. The third-order valence-electron chi connectivity index (χ3n) is 3.11. The molecule has 0 unspecified atom stereocenters. The SMILES string of the molecule is CCc1ccc2c(c1)nc(CCl)n2CCC(C)=O. The fourth-order valence-corrected chi connectivity index (χ4v) is 2.27. The molecule has 0 amide bonds. The molecule has 18 heavy (non-hydrogen) atoms. The second-order valence-electron chi connectivity index (χ2n) is 4.44. The van der Waals surface area contributed by atoms with Crippen LogP contribution < -0.4 is 0 Å². The first kappa shape index (κ1) is 13.1. The van der Waals surface area contributed by atoms with Crippen LogP contribution in [0.25, 0.3) is 11.0 Å². The van der Waals surface area contributed by atoms with E-state index in [1.165, 1.54) is 5.56 Å². The van der Waals surface area contributed by atoms with E-state index in [2.05, 4.69) is 30.1 Å². The largest absolute Gasteiger partial charge is 0.327 e. The molecular formula is C14H17ClN2O. The molecular weight excluding hydrogens is 248 g/mol. The van der Waals surface area contributed by atoms with Crippen LogP contribution in [0.2, 0.25) is 0 Å².